The van der Waals surface area contributed by atoms with Gasteiger partial charge >= 0.3 is 0 Å². The van der Waals surface area contributed by atoms with Crippen LogP contribution in [0.5, 0.6) is 0 Å². The van der Waals surface area contributed by atoms with Crippen molar-refractivity contribution < 1.29 is 33.1 Å². The van der Waals surface area contributed by atoms with E-state index >= 15 is 0 Å². The molecule has 4 rings (SSSR count). The summed E-state index contributed by atoms with van der Waals surface area (Å²) in [5.74, 6) is 0.305. The third kappa shape index (κ3) is 8.85. The van der Waals surface area contributed by atoms with Crippen molar-refractivity contribution in [3.05, 3.63) is 94.0 Å². The van der Waals surface area contributed by atoms with Gasteiger partial charge in [-0.2, -0.15) is 0 Å². The first-order valence-corrected chi connectivity index (χ1v) is 17.4. The first-order valence-electron chi connectivity index (χ1n) is 15.2. The number of fused-ring (bicyclic) bond motifs is 1. The summed E-state index contributed by atoms with van der Waals surface area (Å²) in [6.07, 6.45) is 14.1. The first kappa shape index (κ1) is 35.4. The molecule has 0 spiro atoms. The average Bonchev–Trinajstić information content (AvgIpc) is 3.02. The number of aliphatic hydroxyl groups is 2. The van der Waals surface area contributed by atoms with Gasteiger partial charge in [-0.3, -0.25) is 14.4 Å². The molecule has 0 aromatic heterocycles. The molecule has 0 saturated heterocycles. The van der Waals surface area contributed by atoms with E-state index in [9.17, 15) is 28.2 Å². The van der Waals surface area contributed by atoms with Crippen molar-refractivity contribution in [1.29, 1.82) is 0 Å². The van der Waals surface area contributed by atoms with E-state index in [0.29, 0.717) is 29.0 Å². The van der Waals surface area contributed by atoms with E-state index in [-0.39, 0.29) is 32.1 Å². The zero-order valence-electron chi connectivity index (χ0n) is 25.6. The summed E-state index contributed by atoms with van der Waals surface area (Å²) >= 11 is 6.21. The normalized spacial score (nSPS) is 22.1. The number of hydroxylamine groups is 1. The van der Waals surface area contributed by atoms with Crippen LogP contribution >= 0.6 is 11.6 Å². The van der Waals surface area contributed by atoms with Gasteiger partial charge in [-0.1, -0.05) is 78.9 Å². The summed E-state index contributed by atoms with van der Waals surface area (Å²) < 4.78 is 27.4. The zero-order chi connectivity index (χ0) is 33.3. The fourth-order valence-corrected chi connectivity index (χ4v) is 7.32. The van der Waals surface area contributed by atoms with Crippen molar-refractivity contribution in [2.45, 2.75) is 68.7 Å². The van der Waals surface area contributed by atoms with E-state index in [1.807, 2.05) is 0 Å². The number of allylic oxidation sites excluding steroid dienone is 3. The molecule has 2 amide bonds. The summed E-state index contributed by atoms with van der Waals surface area (Å²) in [6, 6.07) is 12.4. The van der Waals surface area contributed by atoms with E-state index in [0.717, 1.165) is 30.2 Å². The standard InChI is InChI=1S/C34H40ClN3O7S/c1-3-10-26(35)13-9-18-31-32(33(41)36-45-22-23-11-8-12-24(19-23)25(20-39)21-40)27-14-4-5-15-28(27)34(42)38(31)30-17-7-6-16-29(30)37-46(2,43)44/h1,4-5,8-15,19,25,29-32,37,39-40H,6-7,16-18,20-22H2,2H3,(H,36,41)/b13-9-,26-10+/t29-,30-,31-,32+/m0/s1. The predicted molar refractivity (Wildman–Crippen MR) is 176 cm³/mol. The summed E-state index contributed by atoms with van der Waals surface area (Å²) in [6.45, 7) is -0.413. The van der Waals surface area contributed by atoms with Crippen LogP contribution in [-0.4, -0.2) is 72.9 Å². The second-order valence-electron chi connectivity index (χ2n) is 11.6. The average molecular weight is 670 g/mol. The molecule has 1 aliphatic carbocycles. The fraction of sp³-hybridized carbons (Fsp3) is 0.412. The molecule has 2 aliphatic rings. The second kappa shape index (κ2) is 16.4. The van der Waals surface area contributed by atoms with Crippen LogP contribution in [0.3, 0.4) is 0 Å². The van der Waals surface area contributed by atoms with Crippen LogP contribution in [-0.2, 0) is 26.3 Å². The van der Waals surface area contributed by atoms with Gasteiger partial charge in [-0.05, 0) is 48.1 Å². The lowest BCUT2D eigenvalue weighted by molar-refractivity contribution is -0.138. The highest BCUT2D eigenvalue weighted by Crippen LogP contribution is 2.40. The zero-order valence-corrected chi connectivity index (χ0v) is 27.2. The Hall–Kier alpha value is -3.50. The number of aliphatic hydroxyl groups excluding tert-OH is 2. The largest absolute Gasteiger partial charge is 0.396 e. The number of benzene rings is 2. The molecule has 246 valence electrons. The van der Waals surface area contributed by atoms with E-state index in [4.69, 9.17) is 22.9 Å². The van der Waals surface area contributed by atoms with Crippen molar-refractivity contribution in [1.82, 2.24) is 15.1 Å². The predicted octanol–water partition coefficient (Wildman–Crippen LogP) is 3.47. The molecule has 12 heteroatoms. The number of carbonyl (C=O) groups excluding carboxylic acids is 2. The molecule has 10 nitrogen and oxygen atoms in total. The smallest absolute Gasteiger partial charge is 0.254 e. The molecule has 2 aromatic rings. The maximum atomic E-state index is 14.2. The SMILES string of the molecule is C#C/C=C(Cl)\C=C/C[C@H]1[C@H](C(=O)NOCc2cccc(C(CO)CO)c2)c2ccccc2C(=O)N1[C@H]1CCCC[C@@H]1NS(C)(=O)=O. The number of sulfonamides is 1. The number of nitrogens with one attached hydrogen (secondary N) is 2. The molecule has 0 radical (unpaired) electrons. The van der Waals surface area contributed by atoms with Crippen molar-refractivity contribution in [3.8, 4) is 12.3 Å². The number of amides is 2. The highest BCUT2D eigenvalue weighted by Gasteiger charge is 2.47. The first-order chi connectivity index (χ1) is 22.1. The van der Waals surface area contributed by atoms with Gasteiger partial charge in [-0.25, -0.2) is 18.6 Å². The second-order valence-corrected chi connectivity index (χ2v) is 13.8. The lowest BCUT2D eigenvalue weighted by Gasteiger charge is -2.48. The highest BCUT2D eigenvalue weighted by molar-refractivity contribution is 7.88. The van der Waals surface area contributed by atoms with Gasteiger partial charge in [0.1, 0.15) is 0 Å². The Morgan fingerprint density at radius 2 is 1.91 bits per heavy atom. The van der Waals surface area contributed by atoms with E-state index in [2.05, 4.69) is 16.1 Å². The van der Waals surface area contributed by atoms with Gasteiger partial charge < -0.3 is 15.1 Å². The monoisotopic (exact) mass is 669 g/mol. The third-order valence-corrected chi connectivity index (χ3v) is 9.35. The molecular formula is C34H40ClN3O7S. The maximum absolute atomic E-state index is 14.2. The van der Waals surface area contributed by atoms with Crippen LogP contribution in [0.4, 0.5) is 0 Å². The summed E-state index contributed by atoms with van der Waals surface area (Å²) in [4.78, 5) is 35.6. The van der Waals surface area contributed by atoms with Gasteiger partial charge in [0.05, 0.1) is 38.0 Å². The lowest BCUT2D eigenvalue weighted by atomic mass is 9.78. The number of hydrogen-bond acceptors (Lipinski definition) is 7. The number of terminal acetylenes is 1. The molecule has 1 aliphatic heterocycles. The Bertz CT molecular complexity index is 1600. The van der Waals surface area contributed by atoms with Crippen LogP contribution in [0.25, 0.3) is 0 Å². The summed E-state index contributed by atoms with van der Waals surface area (Å²) in [7, 11) is -3.58. The van der Waals surface area contributed by atoms with Crippen LogP contribution in [0, 0.1) is 12.3 Å². The van der Waals surface area contributed by atoms with E-state index in [1.165, 1.54) is 6.08 Å². The Balaban J connectivity index is 1.68. The fourth-order valence-electron chi connectivity index (χ4n) is 6.35. The molecule has 4 atom stereocenters. The molecule has 0 unspecified atom stereocenters. The molecule has 4 N–H and O–H groups in total. The van der Waals surface area contributed by atoms with Crippen molar-refractivity contribution in [3.63, 3.8) is 0 Å². The number of hydrogen-bond donors (Lipinski definition) is 4. The lowest BCUT2D eigenvalue weighted by Crippen LogP contribution is -2.62. The van der Waals surface area contributed by atoms with Crippen molar-refractivity contribution in [2.75, 3.05) is 19.5 Å². The number of rotatable bonds is 13. The number of carbonyl (C=O) groups is 2. The molecule has 0 bridgehead atoms. The Morgan fingerprint density at radius 3 is 2.63 bits per heavy atom. The van der Waals surface area contributed by atoms with Gasteiger partial charge in [0.25, 0.3) is 11.8 Å². The minimum absolute atomic E-state index is 0.0141. The minimum atomic E-state index is -3.58. The number of nitrogens with zero attached hydrogens (tertiary/aromatic N) is 1. The van der Waals surface area contributed by atoms with Crippen LogP contribution in [0.2, 0.25) is 0 Å². The molecular weight excluding hydrogens is 630 g/mol. The Kier molecular flexibility index (Phi) is 12.6. The third-order valence-electron chi connectivity index (χ3n) is 8.39. The van der Waals surface area contributed by atoms with Gasteiger partial charge in [0.2, 0.25) is 10.0 Å². The Morgan fingerprint density at radius 1 is 1.17 bits per heavy atom. The van der Waals surface area contributed by atoms with Crippen LogP contribution in [0.1, 0.15) is 71.0 Å². The Labute approximate surface area is 275 Å². The van der Waals surface area contributed by atoms with Gasteiger partial charge in [0.15, 0.2) is 0 Å². The number of halogens is 1. The van der Waals surface area contributed by atoms with Gasteiger partial charge in [0, 0.05) is 34.7 Å². The quantitative estimate of drug-likeness (QED) is 0.145. The maximum Gasteiger partial charge on any atom is 0.254 e. The topological polar surface area (TPSA) is 145 Å². The molecule has 1 fully saturated rings. The van der Waals surface area contributed by atoms with Crippen molar-refractivity contribution in [2.24, 2.45) is 0 Å². The molecule has 2 aromatic carbocycles. The van der Waals surface area contributed by atoms with Gasteiger partial charge in [-0.15, -0.1) is 6.42 Å². The van der Waals surface area contributed by atoms with Crippen LogP contribution in [0.15, 0.2) is 71.8 Å². The highest BCUT2D eigenvalue weighted by atomic mass is 35.5. The summed E-state index contributed by atoms with van der Waals surface area (Å²) in [5.41, 5.74) is 4.94. The van der Waals surface area contributed by atoms with E-state index < -0.39 is 45.9 Å². The molecule has 1 saturated carbocycles. The van der Waals surface area contributed by atoms with E-state index in [1.54, 1.807) is 65.6 Å². The van der Waals surface area contributed by atoms with Crippen LogP contribution < -0.4 is 10.2 Å². The van der Waals surface area contributed by atoms with Crippen molar-refractivity contribution >= 4 is 33.4 Å². The molecule has 1 heterocycles. The molecule has 46 heavy (non-hydrogen) atoms. The summed E-state index contributed by atoms with van der Waals surface area (Å²) in [5, 5.41) is 19.4. The minimum Gasteiger partial charge on any atom is -0.396 e.